The number of carbonyl (C=O) groups excluding carboxylic acids is 1. The maximum absolute atomic E-state index is 10.7. The maximum atomic E-state index is 10.7. The first kappa shape index (κ1) is 16.3. The van der Waals surface area contributed by atoms with Gasteiger partial charge in [-0.2, -0.15) is 0 Å². The molecule has 0 bridgehead atoms. The molecule has 2 heterocycles. The summed E-state index contributed by atoms with van der Waals surface area (Å²) in [6.07, 6.45) is 3.64. The van der Waals surface area contributed by atoms with Crippen molar-refractivity contribution < 1.29 is 9.53 Å². The van der Waals surface area contributed by atoms with Gasteiger partial charge in [0.05, 0.1) is 5.39 Å². The van der Waals surface area contributed by atoms with Crippen molar-refractivity contribution in [1.29, 1.82) is 0 Å². The highest BCUT2D eigenvalue weighted by molar-refractivity contribution is 7.19. The van der Waals surface area contributed by atoms with Crippen molar-refractivity contribution >= 4 is 39.4 Å². The van der Waals surface area contributed by atoms with E-state index in [0.29, 0.717) is 23.3 Å². The molecule has 4 nitrogen and oxygen atoms in total. The quantitative estimate of drug-likeness (QED) is 0.633. The van der Waals surface area contributed by atoms with Gasteiger partial charge >= 0.3 is 0 Å². The highest BCUT2D eigenvalue weighted by atomic mass is 35.5. The molecule has 0 aromatic carbocycles. The van der Waals surface area contributed by atoms with E-state index in [1.807, 2.05) is 13.8 Å². The number of nitrogens with zero attached hydrogens (tertiary/aromatic N) is 2. The molecule has 1 aliphatic carbocycles. The number of halogens is 1. The third-order valence-electron chi connectivity index (χ3n) is 3.53. The van der Waals surface area contributed by atoms with E-state index in [9.17, 15) is 4.79 Å². The molecule has 0 N–H and O–H groups in total. The number of hydrogen-bond acceptors (Lipinski definition) is 5. The van der Waals surface area contributed by atoms with Gasteiger partial charge in [0.1, 0.15) is 22.1 Å². The topological polar surface area (TPSA) is 52.1 Å². The third-order valence-corrected chi connectivity index (χ3v) is 4.96. The van der Waals surface area contributed by atoms with Crippen molar-refractivity contribution in [3.63, 3.8) is 0 Å². The summed E-state index contributed by atoms with van der Waals surface area (Å²) in [4.78, 5) is 21.6. The Balaban J connectivity index is 0.000000361. The van der Waals surface area contributed by atoms with Crippen molar-refractivity contribution in [2.45, 2.75) is 39.0 Å². The minimum Gasteiger partial charge on any atom is -0.385 e. The van der Waals surface area contributed by atoms with E-state index in [1.54, 1.807) is 18.4 Å². The predicted octanol–water partition coefficient (Wildman–Crippen LogP) is 3.92. The van der Waals surface area contributed by atoms with Gasteiger partial charge in [0.15, 0.2) is 0 Å². The molecule has 21 heavy (non-hydrogen) atoms. The average Bonchev–Trinajstić information content (AvgIpc) is 2.99. The molecule has 0 radical (unpaired) electrons. The summed E-state index contributed by atoms with van der Waals surface area (Å²) in [6, 6.07) is 0. The smallest absolute Gasteiger partial charge is 0.141 e. The lowest BCUT2D eigenvalue weighted by molar-refractivity contribution is -0.108. The zero-order valence-electron chi connectivity index (χ0n) is 12.5. The molecule has 0 saturated carbocycles. The Kier molecular flexibility index (Phi) is 5.67. The average molecular weight is 327 g/mol. The molecule has 2 aromatic rings. The zero-order chi connectivity index (χ0) is 15.4. The van der Waals surface area contributed by atoms with E-state index in [0.717, 1.165) is 36.0 Å². The number of rotatable bonds is 3. The monoisotopic (exact) mass is 326 g/mol. The summed E-state index contributed by atoms with van der Waals surface area (Å²) in [5.74, 6) is 1.01. The van der Waals surface area contributed by atoms with Gasteiger partial charge in [-0.15, -0.1) is 11.3 Å². The fraction of sp³-hybridized carbons (Fsp3) is 0.533. The van der Waals surface area contributed by atoms with Crippen LogP contribution in [-0.2, 0) is 16.0 Å². The Hall–Kier alpha value is -1.04. The summed E-state index contributed by atoms with van der Waals surface area (Å²) in [5.41, 5.74) is 1.22. The van der Waals surface area contributed by atoms with Gasteiger partial charge in [-0.25, -0.2) is 9.97 Å². The Labute approximate surface area is 133 Å². The predicted molar refractivity (Wildman–Crippen MR) is 86.5 cm³/mol. The van der Waals surface area contributed by atoms with Gasteiger partial charge in [-0.3, -0.25) is 0 Å². The lowest BCUT2D eigenvalue weighted by Gasteiger charge is -2.07. The van der Waals surface area contributed by atoms with Gasteiger partial charge in [-0.05, 0) is 38.2 Å². The van der Waals surface area contributed by atoms with Crippen molar-refractivity contribution in [1.82, 2.24) is 9.97 Å². The van der Waals surface area contributed by atoms with Gasteiger partial charge in [0.25, 0.3) is 0 Å². The minimum atomic E-state index is 0.306. The zero-order valence-corrected chi connectivity index (χ0v) is 14.1. The van der Waals surface area contributed by atoms with E-state index in [4.69, 9.17) is 11.6 Å². The Morgan fingerprint density at radius 1 is 1.48 bits per heavy atom. The number of aromatic nitrogens is 2. The second-order valence-corrected chi connectivity index (χ2v) is 6.34. The summed E-state index contributed by atoms with van der Waals surface area (Å²) < 4.78 is 4.54. The fourth-order valence-corrected chi connectivity index (χ4v) is 4.23. The Morgan fingerprint density at radius 3 is 2.81 bits per heavy atom. The van der Waals surface area contributed by atoms with Crippen molar-refractivity contribution in [3.8, 4) is 0 Å². The molecule has 2 aromatic heterocycles. The van der Waals surface area contributed by atoms with E-state index >= 15 is 0 Å². The van der Waals surface area contributed by atoms with Crippen LogP contribution in [0.3, 0.4) is 0 Å². The van der Waals surface area contributed by atoms with E-state index in [2.05, 4.69) is 14.7 Å². The van der Waals surface area contributed by atoms with Crippen LogP contribution >= 0.6 is 22.9 Å². The number of thiophene rings is 1. The maximum Gasteiger partial charge on any atom is 0.141 e. The van der Waals surface area contributed by atoms with Crippen LogP contribution in [0, 0.1) is 6.92 Å². The van der Waals surface area contributed by atoms with Gasteiger partial charge < -0.3 is 9.53 Å². The minimum absolute atomic E-state index is 0.306. The number of ether oxygens (including phenoxy) is 1. The largest absolute Gasteiger partial charge is 0.385 e. The summed E-state index contributed by atoms with van der Waals surface area (Å²) >= 11 is 7.91. The number of carbonyl (C=O) groups is 1. The van der Waals surface area contributed by atoms with Crippen LogP contribution in [-0.4, -0.2) is 30.0 Å². The second-order valence-electron chi connectivity index (χ2n) is 4.90. The number of methoxy groups -OCH3 is 1. The van der Waals surface area contributed by atoms with Crippen molar-refractivity contribution in [2.24, 2.45) is 0 Å². The second kappa shape index (κ2) is 7.29. The number of aldehydes is 1. The first-order valence-corrected chi connectivity index (χ1v) is 8.19. The van der Waals surface area contributed by atoms with Crippen molar-refractivity contribution in [3.05, 3.63) is 21.4 Å². The normalized spacial score (nSPS) is 16.5. The SMILES string of the molecule is CCOC.Cc1nc(Cl)c2c3c(sc2n1)CCC3CC=O. The molecule has 0 saturated heterocycles. The summed E-state index contributed by atoms with van der Waals surface area (Å²) in [6.45, 7) is 4.62. The highest BCUT2D eigenvalue weighted by Crippen LogP contribution is 2.46. The van der Waals surface area contributed by atoms with Gasteiger partial charge in [0, 0.05) is 25.0 Å². The highest BCUT2D eigenvalue weighted by Gasteiger charge is 2.29. The first-order valence-electron chi connectivity index (χ1n) is 7.00. The molecule has 1 unspecified atom stereocenters. The molecule has 1 aliphatic rings. The third kappa shape index (κ3) is 3.42. The first-order chi connectivity index (χ1) is 10.1. The lowest BCUT2D eigenvalue weighted by atomic mass is 9.98. The molecule has 1 atom stereocenters. The molecule has 3 rings (SSSR count). The van der Waals surface area contributed by atoms with Crippen LogP contribution in [0.2, 0.25) is 5.15 Å². The van der Waals surface area contributed by atoms with E-state index < -0.39 is 0 Å². The van der Waals surface area contributed by atoms with Crippen molar-refractivity contribution in [2.75, 3.05) is 13.7 Å². The number of fused-ring (bicyclic) bond motifs is 3. The summed E-state index contributed by atoms with van der Waals surface area (Å²) in [7, 11) is 1.68. The van der Waals surface area contributed by atoms with E-state index in [-0.39, 0.29) is 0 Å². The molecule has 114 valence electrons. The lowest BCUT2D eigenvalue weighted by Crippen LogP contribution is -1.96. The van der Waals surface area contributed by atoms with Gasteiger partial charge in [-0.1, -0.05) is 11.6 Å². The van der Waals surface area contributed by atoms with Crippen LogP contribution in [0.4, 0.5) is 0 Å². The fourth-order valence-electron chi connectivity index (χ4n) is 2.54. The van der Waals surface area contributed by atoms with Crippen LogP contribution in [0.5, 0.6) is 0 Å². The molecular formula is C15H19ClN2O2S. The molecular weight excluding hydrogens is 308 g/mol. The molecule has 6 heteroatoms. The Morgan fingerprint density at radius 2 is 2.19 bits per heavy atom. The standard InChI is InChI=1S/C12H11ClN2OS.C3H8O/c1-6-14-11(13)10-9-7(4-5-16)2-3-8(9)17-12(10)15-6;1-3-4-2/h5,7H,2-4H2,1H3;3H2,1-2H3. The van der Waals surface area contributed by atoms with Gasteiger partial charge in [0.2, 0.25) is 0 Å². The molecule has 0 amide bonds. The van der Waals surface area contributed by atoms with E-state index in [1.165, 1.54) is 10.4 Å². The molecule has 0 fully saturated rings. The molecule has 0 spiro atoms. The Bertz CT molecular complexity index is 640. The van der Waals surface area contributed by atoms with Crippen LogP contribution in [0.1, 0.15) is 41.9 Å². The number of hydrogen-bond donors (Lipinski definition) is 0. The van der Waals surface area contributed by atoms with Crippen LogP contribution in [0.15, 0.2) is 0 Å². The van der Waals surface area contributed by atoms with Crippen LogP contribution in [0.25, 0.3) is 10.2 Å². The summed E-state index contributed by atoms with van der Waals surface area (Å²) in [5, 5.41) is 1.50. The molecule has 0 aliphatic heterocycles. The van der Waals surface area contributed by atoms with Crippen LogP contribution < -0.4 is 0 Å². The number of aryl methyl sites for hydroxylation is 2.